The molecule has 2 aromatic carbocycles. The zero-order valence-electron chi connectivity index (χ0n) is 15.8. The van der Waals surface area contributed by atoms with Gasteiger partial charge in [0.1, 0.15) is 17.4 Å². The highest BCUT2D eigenvalue weighted by atomic mass is 127. The minimum absolute atomic E-state index is 0.0330. The number of anilines is 1. The second-order valence-electron chi connectivity index (χ2n) is 5.90. The summed E-state index contributed by atoms with van der Waals surface area (Å²) in [4.78, 5) is 23.9. The number of nitriles is 1. The lowest BCUT2D eigenvalue weighted by molar-refractivity contribution is -0.145. The van der Waals surface area contributed by atoms with Crippen molar-refractivity contribution in [2.75, 3.05) is 18.5 Å². The number of hydrogen-bond acceptors (Lipinski definition) is 5. The Morgan fingerprint density at radius 2 is 2.07 bits per heavy atom. The van der Waals surface area contributed by atoms with E-state index in [1.54, 1.807) is 25.1 Å². The van der Waals surface area contributed by atoms with Crippen LogP contribution in [0.25, 0.3) is 6.08 Å². The van der Waals surface area contributed by atoms with Gasteiger partial charge in [0, 0.05) is 5.69 Å². The maximum absolute atomic E-state index is 12.4. The van der Waals surface area contributed by atoms with Crippen molar-refractivity contribution < 1.29 is 19.1 Å². The molecule has 0 bridgehead atoms. The molecule has 0 heterocycles. The molecule has 1 amide bonds. The second-order valence-corrected chi connectivity index (χ2v) is 7.92. The van der Waals surface area contributed by atoms with Gasteiger partial charge >= 0.3 is 5.97 Å². The number of nitrogens with zero attached hydrogens (tertiary/aromatic N) is 1. The van der Waals surface area contributed by atoms with Crippen LogP contribution in [0.1, 0.15) is 18.1 Å². The Hall–Kier alpha value is -2.38. The molecule has 150 valence electrons. The molecule has 0 spiro atoms. The number of carbonyl (C=O) groups excluding carboxylic acids is 2. The molecule has 0 aliphatic carbocycles. The molecule has 0 atom stereocenters. The van der Waals surface area contributed by atoms with Crippen LogP contribution < -0.4 is 10.1 Å². The smallest absolute Gasteiger partial charge is 0.344 e. The summed E-state index contributed by atoms with van der Waals surface area (Å²) in [6.07, 6.45) is 1.49. The number of halogens is 2. The first-order chi connectivity index (χ1) is 13.8. The molecule has 0 aliphatic rings. The summed E-state index contributed by atoms with van der Waals surface area (Å²) < 4.78 is 11.7. The number of esters is 1. The normalized spacial score (nSPS) is 10.8. The number of benzene rings is 2. The number of carbonyl (C=O) groups is 2. The SMILES string of the molecule is CCOC(=O)COc1c(Br)cc(/C=C(/C#N)C(=O)Nc2cccc(C)c2)cc1I. The van der Waals surface area contributed by atoms with E-state index in [0.29, 0.717) is 25.0 Å². The van der Waals surface area contributed by atoms with Gasteiger partial charge in [0.2, 0.25) is 0 Å². The van der Waals surface area contributed by atoms with Crippen LogP contribution in [0, 0.1) is 21.8 Å². The second kappa shape index (κ2) is 11.0. The third-order valence-electron chi connectivity index (χ3n) is 3.61. The third kappa shape index (κ3) is 6.87. The Bertz CT molecular complexity index is 975. The Kier molecular flexibility index (Phi) is 8.67. The molecule has 2 rings (SSSR count). The first-order valence-corrected chi connectivity index (χ1v) is 10.5. The van der Waals surface area contributed by atoms with E-state index in [-0.39, 0.29) is 18.8 Å². The molecule has 2 aromatic rings. The molecule has 0 unspecified atom stereocenters. The molecule has 0 aromatic heterocycles. The van der Waals surface area contributed by atoms with Crippen LogP contribution in [-0.4, -0.2) is 25.1 Å². The lowest BCUT2D eigenvalue weighted by Crippen LogP contribution is -2.15. The van der Waals surface area contributed by atoms with Crippen molar-refractivity contribution in [3.05, 3.63) is 61.1 Å². The van der Waals surface area contributed by atoms with Gasteiger partial charge < -0.3 is 14.8 Å². The fraction of sp³-hybridized carbons (Fsp3) is 0.190. The van der Waals surface area contributed by atoms with Gasteiger partial charge in [0.05, 0.1) is 14.6 Å². The molecule has 1 N–H and O–H groups in total. The quantitative estimate of drug-likeness (QED) is 0.223. The van der Waals surface area contributed by atoms with E-state index in [0.717, 1.165) is 5.56 Å². The molecule has 6 nitrogen and oxygen atoms in total. The number of amides is 1. The fourth-order valence-corrected chi connectivity index (χ4v) is 4.14. The number of hydrogen-bond donors (Lipinski definition) is 1. The van der Waals surface area contributed by atoms with Gasteiger partial charge in [-0.2, -0.15) is 5.26 Å². The van der Waals surface area contributed by atoms with Crippen LogP contribution in [0.2, 0.25) is 0 Å². The van der Waals surface area contributed by atoms with E-state index >= 15 is 0 Å². The van der Waals surface area contributed by atoms with Gasteiger partial charge in [-0.05, 0) is 93.8 Å². The number of rotatable bonds is 7. The minimum Gasteiger partial charge on any atom is -0.480 e. The molecule has 0 saturated carbocycles. The van der Waals surface area contributed by atoms with Gasteiger partial charge in [-0.3, -0.25) is 4.79 Å². The van der Waals surface area contributed by atoms with Gasteiger partial charge in [-0.1, -0.05) is 12.1 Å². The summed E-state index contributed by atoms with van der Waals surface area (Å²) in [5, 5.41) is 12.1. The molecule has 29 heavy (non-hydrogen) atoms. The fourth-order valence-electron chi connectivity index (χ4n) is 2.37. The Morgan fingerprint density at radius 3 is 2.69 bits per heavy atom. The van der Waals surface area contributed by atoms with E-state index in [4.69, 9.17) is 9.47 Å². The lowest BCUT2D eigenvalue weighted by Gasteiger charge is -2.11. The topological polar surface area (TPSA) is 88.4 Å². The van der Waals surface area contributed by atoms with Crippen LogP contribution in [0.3, 0.4) is 0 Å². The average molecular weight is 569 g/mol. The van der Waals surface area contributed by atoms with Crippen molar-refractivity contribution in [3.8, 4) is 11.8 Å². The third-order valence-corrected chi connectivity index (χ3v) is 5.00. The average Bonchev–Trinajstić information content (AvgIpc) is 2.65. The maximum atomic E-state index is 12.4. The van der Waals surface area contributed by atoms with Crippen molar-refractivity contribution in [2.45, 2.75) is 13.8 Å². The van der Waals surface area contributed by atoms with Crippen molar-refractivity contribution in [3.63, 3.8) is 0 Å². The Morgan fingerprint density at radius 1 is 1.31 bits per heavy atom. The summed E-state index contributed by atoms with van der Waals surface area (Å²) in [7, 11) is 0. The Balaban J connectivity index is 2.19. The summed E-state index contributed by atoms with van der Waals surface area (Å²) in [5.41, 5.74) is 2.23. The highest BCUT2D eigenvalue weighted by molar-refractivity contribution is 14.1. The molecule has 0 aliphatic heterocycles. The van der Waals surface area contributed by atoms with Crippen LogP contribution in [0.15, 0.2) is 46.4 Å². The largest absolute Gasteiger partial charge is 0.480 e. The van der Waals surface area contributed by atoms with E-state index in [1.807, 2.05) is 31.2 Å². The molecule has 0 radical (unpaired) electrons. The van der Waals surface area contributed by atoms with Crippen molar-refractivity contribution >= 4 is 62.2 Å². The molecule has 8 heteroatoms. The van der Waals surface area contributed by atoms with Crippen LogP contribution >= 0.6 is 38.5 Å². The van der Waals surface area contributed by atoms with Crippen molar-refractivity contribution in [1.29, 1.82) is 5.26 Å². The first-order valence-electron chi connectivity index (χ1n) is 8.61. The number of nitrogens with one attached hydrogen (secondary N) is 1. The van der Waals surface area contributed by atoms with Gasteiger partial charge in [0.25, 0.3) is 5.91 Å². The van der Waals surface area contributed by atoms with Gasteiger partial charge in [0.15, 0.2) is 6.61 Å². The van der Waals surface area contributed by atoms with Crippen molar-refractivity contribution in [2.24, 2.45) is 0 Å². The molecular weight excluding hydrogens is 551 g/mol. The summed E-state index contributed by atoms with van der Waals surface area (Å²) in [6.45, 7) is 3.72. The lowest BCUT2D eigenvalue weighted by atomic mass is 10.1. The zero-order chi connectivity index (χ0) is 21.4. The molecular formula is C21H18BrIN2O4. The van der Waals surface area contributed by atoms with Crippen LogP contribution in [0.5, 0.6) is 5.75 Å². The molecule has 0 saturated heterocycles. The standard InChI is InChI=1S/C21H18BrIN2O4/c1-3-28-19(26)12-29-20-17(22)9-14(10-18(20)23)8-15(11-24)21(27)25-16-6-4-5-13(2)7-16/h4-10H,3,12H2,1-2H3,(H,25,27)/b15-8-. The predicted octanol–water partition coefficient (Wildman–Crippen LogP) is 4.85. The van der Waals surface area contributed by atoms with E-state index in [1.165, 1.54) is 6.08 Å². The number of aryl methyl sites for hydroxylation is 1. The summed E-state index contributed by atoms with van der Waals surface area (Å²) in [5.74, 6) is -0.468. The van der Waals surface area contributed by atoms with Gasteiger partial charge in [-0.15, -0.1) is 0 Å². The Labute approximate surface area is 191 Å². The predicted molar refractivity (Wildman–Crippen MR) is 122 cm³/mol. The molecule has 0 fully saturated rings. The highest BCUT2D eigenvalue weighted by Crippen LogP contribution is 2.32. The van der Waals surface area contributed by atoms with E-state index < -0.39 is 11.9 Å². The zero-order valence-corrected chi connectivity index (χ0v) is 19.5. The summed E-state index contributed by atoms with van der Waals surface area (Å²) >= 11 is 5.46. The first kappa shape index (κ1) is 22.9. The summed E-state index contributed by atoms with van der Waals surface area (Å²) in [6, 6.07) is 12.7. The maximum Gasteiger partial charge on any atom is 0.344 e. The number of ether oxygens (including phenoxy) is 2. The van der Waals surface area contributed by atoms with Crippen LogP contribution in [-0.2, 0) is 14.3 Å². The van der Waals surface area contributed by atoms with Crippen LogP contribution in [0.4, 0.5) is 5.69 Å². The van der Waals surface area contributed by atoms with Gasteiger partial charge in [-0.25, -0.2) is 4.79 Å². The monoisotopic (exact) mass is 568 g/mol. The van der Waals surface area contributed by atoms with E-state index in [2.05, 4.69) is 43.8 Å². The van der Waals surface area contributed by atoms with Crippen molar-refractivity contribution in [1.82, 2.24) is 0 Å². The highest BCUT2D eigenvalue weighted by Gasteiger charge is 2.14. The van der Waals surface area contributed by atoms with E-state index in [9.17, 15) is 14.9 Å². The minimum atomic E-state index is -0.494.